The highest BCUT2D eigenvalue weighted by atomic mass is 16.5. The smallest absolute Gasteiger partial charge is 0.341 e. The number of hydrogen-bond acceptors (Lipinski definition) is 8. The van der Waals surface area contributed by atoms with E-state index in [0.717, 1.165) is 5.56 Å². The molecule has 0 atom stereocenters. The van der Waals surface area contributed by atoms with Crippen LogP contribution in [-0.2, 0) is 16.0 Å². The van der Waals surface area contributed by atoms with E-state index in [-0.39, 0.29) is 40.7 Å². The molecule has 1 aromatic carbocycles. The Morgan fingerprint density at radius 2 is 1.73 bits per heavy atom. The van der Waals surface area contributed by atoms with E-state index in [1.54, 1.807) is 29.8 Å². The van der Waals surface area contributed by atoms with Gasteiger partial charge in [-0.1, -0.05) is 6.07 Å². The number of esters is 1. The molecule has 0 N–H and O–H groups in total. The fraction of sp³-hybridized carbons (Fsp3) is 0.345. The summed E-state index contributed by atoms with van der Waals surface area (Å²) in [7, 11) is 2.95. The largest absolute Gasteiger partial charge is 0.497 e. The lowest BCUT2D eigenvalue weighted by Crippen LogP contribution is -2.33. The lowest BCUT2D eigenvalue weighted by atomic mass is 10.1. The van der Waals surface area contributed by atoms with Crippen LogP contribution in [0, 0.1) is 6.92 Å². The standard InChI is InChI=1S/C29H32N4O7/c1-6-39-13-9-12-32-25-22(28(35)33-11-8-10-18(3)24(33)30-25)17-23(29(36)40-7-2)26(32)31-27(34)19-14-20(37-4)16-21(15-19)38-5/h8,10-11,14-17H,6-7,9,12-13H2,1-5H3. The van der Waals surface area contributed by atoms with E-state index in [2.05, 4.69) is 4.99 Å². The molecule has 0 bridgehead atoms. The summed E-state index contributed by atoms with van der Waals surface area (Å²) >= 11 is 0. The van der Waals surface area contributed by atoms with Gasteiger partial charge in [-0.15, -0.1) is 0 Å². The van der Waals surface area contributed by atoms with Crippen molar-refractivity contribution in [2.45, 2.75) is 33.7 Å². The molecule has 40 heavy (non-hydrogen) atoms. The first-order valence-electron chi connectivity index (χ1n) is 12.9. The number of carbonyl (C=O) groups is 2. The maximum absolute atomic E-state index is 13.6. The van der Waals surface area contributed by atoms with Gasteiger partial charge in [0.2, 0.25) is 0 Å². The highest BCUT2D eigenvalue weighted by Gasteiger charge is 2.21. The molecule has 0 unspecified atom stereocenters. The van der Waals surface area contributed by atoms with Crippen LogP contribution in [-0.4, -0.2) is 59.9 Å². The Morgan fingerprint density at radius 3 is 2.38 bits per heavy atom. The summed E-state index contributed by atoms with van der Waals surface area (Å²) in [5, 5.41) is 0.192. The number of carbonyl (C=O) groups excluding carboxylic acids is 2. The number of benzene rings is 1. The molecule has 0 saturated carbocycles. The number of methoxy groups -OCH3 is 2. The van der Waals surface area contributed by atoms with Crippen molar-refractivity contribution >= 4 is 28.6 Å². The molecule has 0 aliphatic carbocycles. The summed E-state index contributed by atoms with van der Waals surface area (Å²) in [6, 6.07) is 9.69. The van der Waals surface area contributed by atoms with Crippen LogP contribution in [0.3, 0.4) is 0 Å². The molecule has 4 rings (SSSR count). The maximum Gasteiger partial charge on any atom is 0.341 e. The summed E-state index contributed by atoms with van der Waals surface area (Å²) in [4.78, 5) is 49.5. The molecule has 0 spiro atoms. The van der Waals surface area contributed by atoms with Crippen molar-refractivity contribution in [2.24, 2.45) is 4.99 Å². The SMILES string of the molecule is CCOCCCn1c(=NC(=O)c2cc(OC)cc(OC)c2)c(C(=O)OCC)cc2c(=O)n3cccc(C)c3nc21. The molecule has 3 aromatic heterocycles. The van der Waals surface area contributed by atoms with Gasteiger partial charge >= 0.3 is 5.97 Å². The topological polar surface area (TPSA) is 123 Å². The van der Waals surface area contributed by atoms with E-state index in [4.69, 9.17) is 23.9 Å². The second-order valence-electron chi connectivity index (χ2n) is 8.86. The molecule has 0 saturated heterocycles. The number of pyridine rings is 2. The second kappa shape index (κ2) is 12.6. The van der Waals surface area contributed by atoms with Crippen LogP contribution in [0.2, 0.25) is 0 Å². The summed E-state index contributed by atoms with van der Waals surface area (Å²) in [6.07, 6.45) is 2.14. The van der Waals surface area contributed by atoms with Gasteiger partial charge in [0.05, 0.1) is 26.2 Å². The van der Waals surface area contributed by atoms with E-state index >= 15 is 0 Å². The van der Waals surface area contributed by atoms with E-state index in [1.165, 1.54) is 36.8 Å². The van der Waals surface area contributed by atoms with E-state index < -0.39 is 11.9 Å². The van der Waals surface area contributed by atoms with Crippen LogP contribution >= 0.6 is 0 Å². The highest BCUT2D eigenvalue weighted by molar-refractivity contribution is 5.97. The number of nitrogens with zero attached hydrogens (tertiary/aromatic N) is 4. The summed E-state index contributed by atoms with van der Waals surface area (Å²) in [6.45, 7) is 6.73. The zero-order chi connectivity index (χ0) is 28.8. The number of ether oxygens (including phenoxy) is 4. The van der Waals surface area contributed by atoms with Crippen LogP contribution in [0.1, 0.15) is 46.5 Å². The van der Waals surface area contributed by atoms with Gasteiger partial charge in [0.1, 0.15) is 28.4 Å². The second-order valence-corrected chi connectivity index (χ2v) is 8.86. The Morgan fingerprint density at radius 1 is 1.00 bits per heavy atom. The predicted octanol–water partition coefficient (Wildman–Crippen LogP) is 3.32. The van der Waals surface area contributed by atoms with Crippen molar-refractivity contribution in [2.75, 3.05) is 34.0 Å². The predicted molar refractivity (Wildman–Crippen MR) is 148 cm³/mol. The van der Waals surface area contributed by atoms with Crippen LogP contribution in [0.5, 0.6) is 11.5 Å². The molecular formula is C29H32N4O7. The molecular weight excluding hydrogens is 516 g/mol. The van der Waals surface area contributed by atoms with Gasteiger partial charge < -0.3 is 23.5 Å². The van der Waals surface area contributed by atoms with Gasteiger partial charge in [0.25, 0.3) is 11.5 Å². The highest BCUT2D eigenvalue weighted by Crippen LogP contribution is 2.23. The minimum Gasteiger partial charge on any atom is -0.497 e. The lowest BCUT2D eigenvalue weighted by Gasteiger charge is -2.16. The molecule has 3 heterocycles. The van der Waals surface area contributed by atoms with Crippen LogP contribution < -0.4 is 20.5 Å². The Labute approximate surface area is 230 Å². The van der Waals surface area contributed by atoms with Gasteiger partial charge in [-0.05, 0) is 57.0 Å². The van der Waals surface area contributed by atoms with Crippen LogP contribution in [0.25, 0.3) is 16.7 Å². The monoisotopic (exact) mass is 548 g/mol. The summed E-state index contributed by atoms with van der Waals surface area (Å²) in [5.41, 5.74) is 1.36. The van der Waals surface area contributed by atoms with Crippen LogP contribution in [0.15, 0.2) is 52.4 Å². The maximum atomic E-state index is 13.6. The van der Waals surface area contributed by atoms with Gasteiger partial charge in [-0.3, -0.25) is 14.0 Å². The van der Waals surface area contributed by atoms with Crippen molar-refractivity contribution in [1.82, 2.24) is 14.0 Å². The minimum atomic E-state index is -0.716. The third kappa shape index (κ3) is 5.74. The first kappa shape index (κ1) is 28.5. The molecule has 0 radical (unpaired) electrons. The Balaban J connectivity index is 2.08. The molecule has 210 valence electrons. The van der Waals surface area contributed by atoms with E-state index in [0.29, 0.717) is 42.4 Å². The van der Waals surface area contributed by atoms with Gasteiger partial charge in [0.15, 0.2) is 5.49 Å². The van der Waals surface area contributed by atoms with Gasteiger partial charge in [0, 0.05) is 37.6 Å². The molecule has 0 fully saturated rings. The number of hydrogen-bond donors (Lipinski definition) is 0. The molecule has 4 aromatic rings. The normalized spacial score (nSPS) is 11.7. The average molecular weight is 549 g/mol. The summed E-state index contributed by atoms with van der Waals surface area (Å²) in [5.74, 6) is -0.549. The number of aromatic nitrogens is 3. The third-order valence-electron chi connectivity index (χ3n) is 6.28. The minimum absolute atomic E-state index is 0.0269. The molecule has 1 amide bonds. The zero-order valence-electron chi connectivity index (χ0n) is 23.2. The van der Waals surface area contributed by atoms with E-state index in [1.807, 2.05) is 19.9 Å². The zero-order valence-corrected chi connectivity index (χ0v) is 23.2. The fourth-order valence-corrected chi connectivity index (χ4v) is 4.34. The van der Waals surface area contributed by atoms with Crippen molar-refractivity contribution in [3.8, 4) is 11.5 Å². The van der Waals surface area contributed by atoms with E-state index in [9.17, 15) is 14.4 Å². The molecule has 0 aliphatic heterocycles. The third-order valence-corrected chi connectivity index (χ3v) is 6.28. The molecule has 11 nitrogen and oxygen atoms in total. The lowest BCUT2D eigenvalue weighted by molar-refractivity contribution is 0.0523. The number of fused-ring (bicyclic) bond motifs is 2. The van der Waals surface area contributed by atoms with Crippen molar-refractivity contribution in [3.63, 3.8) is 0 Å². The van der Waals surface area contributed by atoms with Crippen molar-refractivity contribution < 1.29 is 28.5 Å². The Hall–Kier alpha value is -4.51. The quantitative estimate of drug-likeness (QED) is 0.168. The number of rotatable bonds is 10. The number of aryl methyl sites for hydroxylation is 2. The van der Waals surface area contributed by atoms with Crippen molar-refractivity contribution in [3.05, 3.63) is 75.1 Å². The first-order chi connectivity index (χ1) is 19.3. The average Bonchev–Trinajstić information content (AvgIpc) is 2.96. The van der Waals surface area contributed by atoms with Crippen molar-refractivity contribution in [1.29, 1.82) is 0 Å². The van der Waals surface area contributed by atoms with Crippen LogP contribution in [0.4, 0.5) is 0 Å². The number of amides is 1. The fourth-order valence-electron chi connectivity index (χ4n) is 4.34. The Bertz CT molecular complexity index is 1680. The first-order valence-corrected chi connectivity index (χ1v) is 12.9. The molecule has 11 heteroatoms. The van der Waals surface area contributed by atoms with Gasteiger partial charge in [-0.25, -0.2) is 9.78 Å². The molecule has 0 aliphatic rings. The van der Waals surface area contributed by atoms with Gasteiger partial charge in [-0.2, -0.15) is 4.99 Å². The summed E-state index contributed by atoms with van der Waals surface area (Å²) < 4.78 is 24.5. The Kier molecular flexibility index (Phi) is 8.95.